The zero-order chi connectivity index (χ0) is 17.7. The van der Waals surface area contributed by atoms with Gasteiger partial charge in [0, 0.05) is 17.5 Å². The summed E-state index contributed by atoms with van der Waals surface area (Å²) < 4.78 is 5.20. The number of carbonyl (C=O) groups excluding carboxylic acids is 1. The summed E-state index contributed by atoms with van der Waals surface area (Å²) in [6, 6.07) is 12.0. The van der Waals surface area contributed by atoms with E-state index in [1.807, 2.05) is 0 Å². The number of aliphatic carboxylic acids is 1. The summed E-state index contributed by atoms with van der Waals surface area (Å²) in [6.45, 7) is 1.81. The lowest BCUT2D eigenvalue weighted by molar-refractivity contribution is -0.140. The number of benzene rings is 2. The van der Waals surface area contributed by atoms with Gasteiger partial charge < -0.3 is 15.2 Å². The van der Waals surface area contributed by atoms with Gasteiger partial charge in [0.15, 0.2) is 0 Å². The normalized spacial score (nSPS) is 11.6. The van der Waals surface area contributed by atoms with Crippen LogP contribution in [0.3, 0.4) is 0 Å². The lowest BCUT2D eigenvalue weighted by Crippen LogP contribution is -2.21. The molecule has 1 amide bonds. The van der Waals surface area contributed by atoms with Crippen molar-refractivity contribution in [3.05, 3.63) is 58.6 Å². The van der Waals surface area contributed by atoms with Gasteiger partial charge in [-0.05, 0) is 24.1 Å². The molecule has 1 atom stereocenters. The smallest absolute Gasteiger partial charge is 0.311 e. The monoisotopic (exact) mass is 347 g/mol. The molecule has 2 N–H and O–H groups in total. The number of aryl methyl sites for hydroxylation is 1. The number of amides is 1. The number of hydrogen-bond donors (Lipinski definition) is 2. The summed E-state index contributed by atoms with van der Waals surface area (Å²) in [4.78, 5) is 23.8. The van der Waals surface area contributed by atoms with Gasteiger partial charge in [0.1, 0.15) is 5.75 Å². The van der Waals surface area contributed by atoms with Gasteiger partial charge in [-0.15, -0.1) is 0 Å². The average Bonchev–Trinajstić information content (AvgIpc) is 2.56. The molecule has 0 aliphatic rings. The third-order valence-corrected chi connectivity index (χ3v) is 4.05. The van der Waals surface area contributed by atoms with Crippen LogP contribution < -0.4 is 10.1 Å². The average molecular weight is 348 g/mol. The Bertz CT molecular complexity index is 746. The molecule has 0 radical (unpaired) electrons. The minimum Gasteiger partial charge on any atom is -0.495 e. The van der Waals surface area contributed by atoms with Crippen LogP contribution in [0.4, 0.5) is 5.69 Å². The molecular formula is C18H18ClNO4. The number of halogens is 1. The van der Waals surface area contributed by atoms with E-state index in [1.54, 1.807) is 49.4 Å². The van der Waals surface area contributed by atoms with Crippen LogP contribution in [-0.4, -0.2) is 24.1 Å². The molecule has 2 rings (SSSR count). The Labute approximate surface area is 145 Å². The molecule has 0 bridgehead atoms. The predicted molar refractivity (Wildman–Crippen MR) is 92.8 cm³/mol. The third-order valence-electron chi connectivity index (χ3n) is 3.64. The highest BCUT2D eigenvalue weighted by Gasteiger charge is 2.23. The molecule has 24 heavy (non-hydrogen) atoms. The van der Waals surface area contributed by atoms with Crippen molar-refractivity contribution in [3.8, 4) is 5.75 Å². The number of ether oxygens (including phenoxy) is 1. The Kier molecular flexibility index (Phi) is 5.82. The van der Waals surface area contributed by atoms with Gasteiger partial charge in [-0.1, -0.05) is 41.9 Å². The number of hydrogen-bond acceptors (Lipinski definition) is 3. The lowest BCUT2D eigenvalue weighted by atomic mass is 9.95. The zero-order valence-corrected chi connectivity index (χ0v) is 14.1. The number of anilines is 1. The van der Waals surface area contributed by atoms with Gasteiger partial charge in [0.2, 0.25) is 5.91 Å². The zero-order valence-electron chi connectivity index (χ0n) is 13.4. The molecule has 126 valence electrons. The van der Waals surface area contributed by atoms with E-state index in [-0.39, 0.29) is 6.42 Å². The van der Waals surface area contributed by atoms with E-state index >= 15 is 0 Å². The Morgan fingerprint density at radius 2 is 1.92 bits per heavy atom. The number of methoxy groups -OCH3 is 1. The molecule has 0 aromatic heterocycles. The summed E-state index contributed by atoms with van der Waals surface area (Å²) in [5, 5.41) is 12.6. The van der Waals surface area contributed by atoms with E-state index < -0.39 is 17.8 Å². The van der Waals surface area contributed by atoms with E-state index in [4.69, 9.17) is 16.3 Å². The van der Waals surface area contributed by atoms with Crippen LogP contribution in [-0.2, 0) is 9.59 Å². The molecule has 1 unspecified atom stereocenters. The molecular weight excluding hydrogens is 330 g/mol. The van der Waals surface area contributed by atoms with E-state index in [1.165, 1.54) is 7.11 Å². The second-order valence-electron chi connectivity index (χ2n) is 5.36. The summed E-state index contributed by atoms with van der Waals surface area (Å²) >= 11 is 6.04. The number of rotatable bonds is 6. The van der Waals surface area contributed by atoms with Crippen molar-refractivity contribution in [1.82, 2.24) is 0 Å². The van der Waals surface area contributed by atoms with E-state index in [2.05, 4.69) is 5.32 Å². The van der Waals surface area contributed by atoms with Gasteiger partial charge in [-0.3, -0.25) is 9.59 Å². The van der Waals surface area contributed by atoms with Gasteiger partial charge in [-0.2, -0.15) is 0 Å². The van der Waals surface area contributed by atoms with Crippen molar-refractivity contribution in [2.75, 3.05) is 12.4 Å². The van der Waals surface area contributed by atoms with Crippen LogP contribution in [0.1, 0.15) is 23.5 Å². The molecule has 2 aromatic rings. The van der Waals surface area contributed by atoms with Crippen LogP contribution in [0.25, 0.3) is 0 Å². The highest BCUT2D eigenvalue weighted by Crippen LogP contribution is 2.31. The largest absolute Gasteiger partial charge is 0.495 e. The van der Waals surface area contributed by atoms with Crippen molar-refractivity contribution in [3.63, 3.8) is 0 Å². The first kappa shape index (κ1) is 17.8. The first-order chi connectivity index (χ1) is 11.4. The molecule has 0 saturated heterocycles. The first-order valence-electron chi connectivity index (χ1n) is 7.34. The third kappa shape index (κ3) is 4.26. The number of carboxylic acid groups (broad SMARTS) is 1. The van der Waals surface area contributed by atoms with E-state index in [0.717, 1.165) is 5.56 Å². The van der Waals surface area contributed by atoms with Crippen molar-refractivity contribution in [1.29, 1.82) is 0 Å². The molecule has 0 aliphatic carbocycles. The van der Waals surface area contributed by atoms with E-state index in [0.29, 0.717) is 22.0 Å². The topological polar surface area (TPSA) is 75.6 Å². The standard InChI is InChI=1S/C18H18ClNO4/c1-11-8-15(16(24-2)10-14(11)19)20-17(21)9-13(18(22)23)12-6-4-3-5-7-12/h3-8,10,13H,9H2,1-2H3,(H,20,21)(H,22,23). The van der Waals surface area contributed by atoms with Crippen molar-refractivity contribution < 1.29 is 19.4 Å². The fourth-order valence-electron chi connectivity index (χ4n) is 2.35. The Hall–Kier alpha value is -2.53. The molecule has 0 fully saturated rings. The number of carboxylic acids is 1. The Morgan fingerprint density at radius 3 is 2.50 bits per heavy atom. The van der Waals surface area contributed by atoms with Gasteiger partial charge in [0.05, 0.1) is 18.7 Å². The maximum atomic E-state index is 12.3. The second-order valence-corrected chi connectivity index (χ2v) is 5.76. The molecule has 0 spiro atoms. The van der Waals surface area contributed by atoms with Crippen LogP contribution in [0, 0.1) is 6.92 Å². The lowest BCUT2D eigenvalue weighted by Gasteiger charge is -2.15. The van der Waals surface area contributed by atoms with Gasteiger partial charge >= 0.3 is 5.97 Å². The van der Waals surface area contributed by atoms with Crippen molar-refractivity contribution in [2.24, 2.45) is 0 Å². The van der Waals surface area contributed by atoms with Crippen LogP contribution in [0.15, 0.2) is 42.5 Å². The highest BCUT2D eigenvalue weighted by atomic mass is 35.5. The number of nitrogens with one attached hydrogen (secondary N) is 1. The molecule has 0 aliphatic heterocycles. The maximum absolute atomic E-state index is 12.3. The summed E-state index contributed by atoms with van der Waals surface area (Å²) in [5.74, 6) is -1.95. The van der Waals surface area contributed by atoms with Gasteiger partial charge in [-0.25, -0.2) is 0 Å². The first-order valence-corrected chi connectivity index (χ1v) is 7.72. The molecule has 0 saturated carbocycles. The summed E-state index contributed by atoms with van der Waals surface area (Å²) in [7, 11) is 1.47. The predicted octanol–water partition coefficient (Wildman–Crippen LogP) is 3.85. The highest BCUT2D eigenvalue weighted by molar-refractivity contribution is 6.31. The van der Waals surface area contributed by atoms with Crippen molar-refractivity contribution in [2.45, 2.75) is 19.3 Å². The number of carbonyl (C=O) groups is 2. The van der Waals surface area contributed by atoms with Crippen molar-refractivity contribution >= 4 is 29.2 Å². The summed E-state index contributed by atoms with van der Waals surface area (Å²) in [6.07, 6.45) is -0.176. The van der Waals surface area contributed by atoms with Gasteiger partial charge in [0.25, 0.3) is 0 Å². The quantitative estimate of drug-likeness (QED) is 0.832. The Morgan fingerprint density at radius 1 is 1.25 bits per heavy atom. The maximum Gasteiger partial charge on any atom is 0.311 e. The van der Waals surface area contributed by atoms with Crippen LogP contribution in [0.2, 0.25) is 5.02 Å². The van der Waals surface area contributed by atoms with Crippen LogP contribution >= 0.6 is 11.6 Å². The fourth-order valence-corrected chi connectivity index (χ4v) is 2.50. The van der Waals surface area contributed by atoms with E-state index in [9.17, 15) is 14.7 Å². The molecule has 5 nitrogen and oxygen atoms in total. The molecule has 0 heterocycles. The molecule has 6 heteroatoms. The molecule has 2 aromatic carbocycles. The fraction of sp³-hybridized carbons (Fsp3) is 0.222. The summed E-state index contributed by atoms with van der Waals surface area (Å²) in [5.41, 5.74) is 1.83. The second kappa shape index (κ2) is 7.84. The minimum atomic E-state index is -1.05. The van der Waals surface area contributed by atoms with Crippen LogP contribution in [0.5, 0.6) is 5.75 Å². The Balaban J connectivity index is 2.18. The minimum absolute atomic E-state index is 0.176. The SMILES string of the molecule is COc1cc(Cl)c(C)cc1NC(=O)CC(C(=O)O)c1ccccc1.